The summed E-state index contributed by atoms with van der Waals surface area (Å²) in [6, 6.07) is 31.0. The van der Waals surface area contributed by atoms with Gasteiger partial charge in [-0.15, -0.1) is 0 Å². The van der Waals surface area contributed by atoms with Crippen molar-refractivity contribution >= 4 is 0 Å². The molecule has 170 valence electrons. The third-order valence-corrected chi connectivity index (χ3v) is 6.49. The Bertz CT molecular complexity index is 884. The van der Waals surface area contributed by atoms with Crippen LogP contribution in [-0.4, -0.2) is 50.2 Å². The number of quaternary nitrogens is 2. The summed E-state index contributed by atoms with van der Waals surface area (Å²) in [5, 5.41) is 0. The van der Waals surface area contributed by atoms with E-state index in [-0.39, 0.29) is 0 Å². The van der Waals surface area contributed by atoms with Crippen molar-refractivity contribution in [2.24, 2.45) is 0 Å². The van der Waals surface area contributed by atoms with Crippen molar-refractivity contribution in [3.8, 4) is 0 Å². The molecule has 0 N–H and O–H groups in total. The molecule has 2 unspecified atom stereocenters. The molecule has 2 heteroatoms. The average molecular weight is 431 g/mol. The minimum Gasteiger partial charge on any atom is -0.324 e. The molecule has 2 nitrogen and oxygen atoms in total. The summed E-state index contributed by atoms with van der Waals surface area (Å²) in [5.74, 6) is 1.04. The van der Waals surface area contributed by atoms with Gasteiger partial charge in [-0.25, -0.2) is 0 Å². The summed E-state index contributed by atoms with van der Waals surface area (Å²) in [5.41, 5.74) is 5.74. The van der Waals surface area contributed by atoms with Gasteiger partial charge in [0, 0.05) is 23.0 Å². The molecule has 0 aliphatic rings. The SMILES string of the molecule is CC(C[N+](C)(C)Cc1ccccc1)c1cccc(C(C)C[N+](C)(C)Cc2ccccc2)c1. The molecule has 32 heavy (non-hydrogen) atoms. The smallest absolute Gasteiger partial charge is 0.104 e. The summed E-state index contributed by atoms with van der Waals surface area (Å²) in [6.07, 6.45) is 0. The molecular weight excluding hydrogens is 388 g/mol. The van der Waals surface area contributed by atoms with Gasteiger partial charge in [0.25, 0.3) is 0 Å². The molecule has 0 saturated carbocycles. The van der Waals surface area contributed by atoms with Gasteiger partial charge in [0.1, 0.15) is 13.1 Å². The molecule has 0 aliphatic carbocycles. The van der Waals surface area contributed by atoms with Crippen LogP contribution >= 0.6 is 0 Å². The number of rotatable bonds is 10. The zero-order valence-electron chi connectivity index (χ0n) is 21.0. The summed E-state index contributed by atoms with van der Waals surface area (Å²) in [6.45, 7) is 9.14. The first-order chi connectivity index (χ1) is 15.1. The molecule has 0 aromatic heterocycles. The van der Waals surface area contributed by atoms with Crippen LogP contribution in [0.1, 0.15) is 47.9 Å². The summed E-state index contributed by atoms with van der Waals surface area (Å²) >= 11 is 0. The average Bonchev–Trinajstić information content (AvgIpc) is 2.74. The highest BCUT2D eigenvalue weighted by Crippen LogP contribution is 2.26. The van der Waals surface area contributed by atoms with E-state index in [9.17, 15) is 0 Å². The number of hydrogen-bond donors (Lipinski definition) is 0. The number of nitrogens with zero attached hydrogens (tertiary/aromatic N) is 2. The molecule has 0 radical (unpaired) electrons. The largest absolute Gasteiger partial charge is 0.324 e. The summed E-state index contributed by atoms with van der Waals surface area (Å²) in [4.78, 5) is 0. The van der Waals surface area contributed by atoms with Crippen molar-refractivity contribution in [1.82, 2.24) is 0 Å². The molecule has 2 atom stereocenters. The van der Waals surface area contributed by atoms with Crippen LogP contribution < -0.4 is 0 Å². The molecule has 3 aromatic carbocycles. The maximum absolute atomic E-state index is 2.46. The molecule has 3 aromatic rings. The monoisotopic (exact) mass is 430 g/mol. The Balaban J connectivity index is 1.64. The van der Waals surface area contributed by atoms with Crippen molar-refractivity contribution in [3.05, 3.63) is 107 Å². The lowest BCUT2D eigenvalue weighted by molar-refractivity contribution is -0.904. The van der Waals surface area contributed by atoms with Gasteiger partial charge in [-0.05, 0) is 11.1 Å². The van der Waals surface area contributed by atoms with Crippen LogP contribution in [0.25, 0.3) is 0 Å². The molecule has 0 fully saturated rings. The van der Waals surface area contributed by atoms with Crippen LogP contribution in [-0.2, 0) is 13.1 Å². The molecule has 0 bridgehead atoms. The molecule has 3 rings (SSSR count). The first-order valence-corrected chi connectivity index (χ1v) is 12.0. The second-order valence-electron chi connectivity index (χ2n) is 11.0. The van der Waals surface area contributed by atoms with E-state index in [1.54, 1.807) is 0 Å². The molecule has 0 spiro atoms. The number of likely N-dealkylation sites (N-methyl/N-ethyl adjacent to an activating group) is 2. The van der Waals surface area contributed by atoms with Crippen molar-refractivity contribution in [2.75, 3.05) is 41.3 Å². The topological polar surface area (TPSA) is 0 Å². The highest BCUT2D eigenvalue weighted by atomic mass is 15.3. The Morgan fingerprint density at radius 2 is 0.906 bits per heavy atom. The zero-order valence-corrected chi connectivity index (χ0v) is 21.0. The second kappa shape index (κ2) is 10.5. The van der Waals surface area contributed by atoms with Crippen molar-refractivity contribution < 1.29 is 8.97 Å². The fourth-order valence-electron chi connectivity index (χ4n) is 5.15. The third kappa shape index (κ3) is 7.32. The van der Waals surface area contributed by atoms with E-state index in [1.807, 2.05) is 0 Å². The summed E-state index contributed by atoms with van der Waals surface area (Å²) < 4.78 is 1.98. The Morgan fingerprint density at radius 3 is 1.28 bits per heavy atom. The standard InChI is InChI=1S/C30H42N2/c1-25(21-31(3,4)23-27-14-9-7-10-15-27)29-18-13-19-30(20-29)26(2)22-32(5,6)24-28-16-11-8-12-17-28/h7-20,25-26H,21-24H2,1-6H3/q+2. The van der Waals surface area contributed by atoms with E-state index in [4.69, 9.17) is 0 Å². The van der Waals surface area contributed by atoms with Crippen LogP contribution in [0.3, 0.4) is 0 Å². The lowest BCUT2D eigenvalue weighted by atomic mass is 9.92. The first kappa shape index (κ1) is 24.2. The van der Waals surface area contributed by atoms with Crippen molar-refractivity contribution in [2.45, 2.75) is 38.8 Å². The van der Waals surface area contributed by atoms with Gasteiger partial charge < -0.3 is 8.97 Å². The molecular formula is C30H42N2+2. The lowest BCUT2D eigenvalue weighted by Crippen LogP contribution is -2.42. The van der Waals surface area contributed by atoms with E-state index in [1.165, 1.54) is 22.3 Å². The minimum absolute atomic E-state index is 0.521. The summed E-state index contributed by atoms with van der Waals surface area (Å²) in [7, 11) is 9.39. The lowest BCUT2D eigenvalue weighted by Gasteiger charge is -2.34. The van der Waals surface area contributed by atoms with Gasteiger partial charge in [-0.3, -0.25) is 0 Å². The molecule has 0 heterocycles. The van der Waals surface area contributed by atoms with E-state index >= 15 is 0 Å². The van der Waals surface area contributed by atoms with Crippen LogP contribution in [0, 0.1) is 0 Å². The van der Waals surface area contributed by atoms with Crippen LogP contribution in [0.2, 0.25) is 0 Å². The fourth-order valence-corrected chi connectivity index (χ4v) is 5.15. The normalized spacial score (nSPS) is 14.2. The van der Waals surface area contributed by atoms with Crippen molar-refractivity contribution in [3.63, 3.8) is 0 Å². The Labute approximate surface area is 196 Å². The van der Waals surface area contributed by atoms with Gasteiger partial charge in [-0.2, -0.15) is 0 Å². The van der Waals surface area contributed by atoms with Crippen LogP contribution in [0.5, 0.6) is 0 Å². The van der Waals surface area contributed by atoms with E-state index in [0.717, 1.165) is 35.1 Å². The van der Waals surface area contributed by atoms with Crippen LogP contribution in [0.4, 0.5) is 0 Å². The molecule has 0 amide bonds. The highest BCUT2D eigenvalue weighted by molar-refractivity contribution is 5.28. The Hall–Kier alpha value is -2.42. The van der Waals surface area contributed by atoms with Gasteiger partial charge >= 0.3 is 0 Å². The van der Waals surface area contributed by atoms with Gasteiger partial charge in [0.15, 0.2) is 0 Å². The fraction of sp³-hybridized carbons (Fsp3) is 0.400. The first-order valence-electron chi connectivity index (χ1n) is 12.0. The number of benzene rings is 3. The molecule has 0 aliphatic heterocycles. The second-order valence-corrected chi connectivity index (χ2v) is 11.0. The van der Waals surface area contributed by atoms with E-state index < -0.39 is 0 Å². The van der Waals surface area contributed by atoms with Gasteiger partial charge in [0.05, 0.1) is 41.3 Å². The van der Waals surface area contributed by atoms with Gasteiger partial charge in [-0.1, -0.05) is 98.8 Å². The van der Waals surface area contributed by atoms with Gasteiger partial charge in [0.2, 0.25) is 0 Å². The third-order valence-electron chi connectivity index (χ3n) is 6.49. The predicted octanol–water partition coefficient (Wildman–Crippen LogP) is 6.45. The Kier molecular flexibility index (Phi) is 7.92. The quantitative estimate of drug-likeness (QED) is 0.324. The van der Waals surface area contributed by atoms with Crippen LogP contribution in [0.15, 0.2) is 84.9 Å². The minimum atomic E-state index is 0.521. The van der Waals surface area contributed by atoms with Crippen molar-refractivity contribution in [1.29, 1.82) is 0 Å². The maximum atomic E-state index is 2.46. The zero-order chi connectivity index (χ0) is 23.2. The highest BCUT2D eigenvalue weighted by Gasteiger charge is 2.24. The maximum Gasteiger partial charge on any atom is 0.104 e. The molecule has 0 saturated heterocycles. The van der Waals surface area contributed by atoms with E-state index in [0.29, 0.717) is 11.8 Å². The predicted molar refractivity (Wildman–Crippen MR) is 138 cm³/mol. The number of hydrogen-bond acceptors (Lipinski definition) is 0. The van der Waals surface area contributed by atoms with E-state index in [2.05, 4.69) is 127 Å². The Morgan fingerprint density at radius 1 is 0.531 bits per heavy atom.